The summed E-state index contributed by atoms with van der Waals surface area (Å²) in [5.41, 5.74) is 4.98. The van der Waals surface area contributed by atoms with Gasteiger partial charge in [0.25, 0.3) is 0 Å². The third-order valence-corrected chi connectivity index (χ3v) is 6.96. The first kappa shape index (κ1) is 22.5. The minimum atomic E-state index is -0.133. The minimum absolute atomic E-state index is 0.000756. The summed E-state index contributed by atoms with van der Waals surface area (Å²) < 4.78 is 0. The second kappa shape index (κ2) is 9.85. The average Bonchev–Trinajstić information content (AvgIpc) is 3.39. The largest absolute Gasteiger partial charge is 0.324 e. The first-order valence-electron chi connectivity index (χ1n) is 10.4. The molecule has 0 saturated heterocycles. The Bertz CT molecular complexity index is 1140. The fourth-order valence-corrected chi connectivity index (χ4v) is 5.05. The molecular formula is C24H26N4O2S2. The van der Waals surface area contributed by atoms with Crippen LogP contribution in [0.3, 0.4) is 0 Å². The molecular weight excluding hydrogens is 440 g/mol. The number of aromatic nitrogens is 1. The number of hydrogen-bond donors (Lipinski definition) is 1. The van der Waals surface area contributed by atoms with E-state index < -0.39 is 0 Å². The van der Waals surface area contributed by atoms with Gasteiger partial charge in [0.15, 0.2) is 0 Å². The van der Waals surface area contributed by atoms with Gasteiger partial charge in [0.05, 0.1) is 29.5 Å². The summed E-state index contributed by atoms with van der Waals surface area (Å²) in [5.74, 6) is -0.132. The zero-order valence-corrected chi connectivity index (χ0v) is 20.1. The van der Waals surface area contributed by atoms with E-state index >= 15 is 0 Å². The topological polar surface area (TPSA) is 65.5 Å². The molecule has 1 aliphatic rings. The van der Waals surface area contributed by atoms with Crippen LogP contribution in [0.25, 0.3) is 11.3 Å². The highest BCUT2D eigenvalue weighted by Gasteiger charge is 2.26. The Balaban J connectivity index is 1.36. The van der Waals surface area contributed by atoms with E-state index in [-0.39, 0.29) is 24.9 Å². The quantitative estimate of drug-likeness (QED) is 0.526. The third kappa shape index (κ3) is 5.03. The molecule has 0 unspecified atom stereocenters. The van der Waals surface area contributed by atoms with E-state index in [0.717, 1.165) is 44.5 Å². The van der Waals surface area contributed by atoms with Crippen LogP contribution in [0.2, 0.25) is 0 Å². The summed E-state index contributed by atoms with van der Waals surface area (Å²) in [6.07, 6.45) is 2.80. The highest BCUT2D eigenvalue weighted by atomic mass is 32.2. The van der Waals surface area contributed by atoms with E-state index in [9.17, 15) is 9.59 Å². The molecule has 6 nitrogen and oxygen atoms in total. The lowest BCUT2D eigenvalue weighted by Gasteiger charge is -2.22. The van der Waals surface area contributed by atoms with Gasteiger partial charge >= 0.3 is 0 Å². The number of anilines is 2. The average molecular weight is 467 g/mol. The lowest BCUT2D eigenvalue weighted by molar-refractivity contribution is -0.120. The lowest BCUT2D eigenvalue weighted by Crippen LogP contribution is -2.40. The molecule has 2 heterocycles. The Kier molecular flexibility index (Phi) is 6.93. The second-order valence-corrected chi connectivity index (χ2v) is 9.72. The Morgan fingerprint density at radius 1 is 1.22 bits per heavy atom. The zero-order chi connectivity index (χ0) is 22.7. The highest BCUT2D eigenvalue weighted by molar-refractivity contribution is 7.98. The first-order chi connectivity index (χ1) is 15.4. The standard InChI is InChI=1S/C24H26N4O2S2/c1-16-25-20(15-32-16)17-8-9-21-18(12-17)10-11-28(21)24(30)14-27(2)13-23(29)26-19-6-4-5-7-22(19)31-3/h4-9,12,15H,10-11,13-14H2,1-3H3,(H,26,29). The lowest BCUT2D eigenvalue weighted by atomic mass is 10.1. The Morgan fingerprint density at radius 3 is 2.78 bits per heavy atom. The molecule has 3 aromatic rings. The molecule has 0 atom stereocenters. The van der Waals surface area contributed by atoms with Crippen molar-refractivity contribution in [2.75, 3.05) is 43.2 Å². The number of thiazole rings is 1. The molecule has 0 saturated carbocycles. The van der Waals surface area contributed by atoms with E-state index in [1.807, 2.05) is 54.5 Å². The van der Waals surface area contributed by atoms with Crippen LogP contribution in [-0.4, -0.2) is 54.6 Å². The van der Waals surface area contributed by atoms with Gasteiger partial charge in [0.2, 0.25) is 11.8 Å². The molecule has 1 aliphatic heterocycles. The van der Waals surface area contributed by atoms with Crippen molar-refractivity contribution in [2.45, 2.75) is 18.2 Å². The van der Waals surface area contributed by atoms with Gasteiger partial charge in [-0.1, -0.05) is 18.2 Å². The molecule has 1 N–H and O–H groups in total. The molecule has 2 aromatic carbocycles. The van der Waals surface area contributed by atoms with Crippen LogP contribution < -0.4 is 10.2 Å². The number of amides is 2. The van der Waals surface area contributed by atoms with E-state index in [2.05, 4.69) is 21.7 Å². The fourth-order valence-electron chi connectivity index (χ4n) is 3.87. The summed E-state index contributed by atoms with van der Waals surface area (Å²) in [6, 6.07) is 13.9. The van der Waals surface area contributed by atoms with Crippen LogP contribution in [0.15, 0.2) is 52.7 Å². The number of fused-ring (bicyclic) bond motifs is 1. The van der Waals surface area contributed by atoms with Gasteiger partial charge in [-0.2, -0.15) is 0 Å². The van der Waals surface area contributed by atoms with E-state index in [1.165, 1.54) is 0 Å². The number of aryl methyl sites for hydroxylation is 1. The van der Waals surface area contributed by atoms with Crippen molar-refractivity contribution < 1.29 is 9.59 Å². The van der Waals surface area contributed by atoms with E-state index in [1.54, 1.807) is 35.0 Å². The number of hydrogen-bond acceptors (Lipinski definition) is 6. The Morgan fingerprint density at radius 2 is 2.03 bits per heavy atom. The monoisotopic (exact) mass is 466 g/mol. The molecule has 8 heteroatoms. The van der Waals surface area contributed by atoms with Crippen molar-refractivity contribution in [3.05, 3.63) is 58.4 Å². The number of rotatable bonds is 7. The van der Waals surface area contributed by atoms with Crippen molar-refractivity contribution in [3.8, 4) is 11.3 Å². The van der Waals surface area contributed by atoms with Crippen molar-refractivity contribution in [2.24, 2.45) is 0 Å². The highest BCUT2D eigenvalue weighted by Crippen LogP contribution is 2.33. The Hall–Kier alpha value is -2.68. The number of benzene rings is 2. The second-order valence-electron chi connectivity index (χ2n) is 7.81. The number of nitrogens with zero attached hydrogens (tertiary/aromatic N) is 3. The maximum atomic E-state index is 13.0. The Labute approximate surface area is 196 Å². The number of thioether (sulfide) groups is 1. The molecule has 0 spiro atoms. The molecule has 1 aromatic heterocycles. The zero-order valence-electron chi connectivity index (χ0n) is 18.4. The third-order valence-electron chi connectivity index (χ3n) is 5.39. The summed E-state index contributed by atoms with van der Waals surface area (Å²) in [7, 11) is 1.79. The summed E-state index contributed by atoms with van der Waals surface area (Å²) in [4.78, 5) is 34.6. The van der Waals surface area contributed by atoms with Gasteiger partial charge in [0, 0.05) is 28.1 Å². The van der Waals surface area contributed by atoms with Crippen LogP contribution in [-0.2, 0) is 16.0 Å². The number of para-hydroxylation sites is 1. The van der Waals surface area contributed by atoms with Crippen molar-refractivity contribution in [1.82, 2.24) is 9.88 Å². The number of carbonyl (C=O) groups is 2. The van der Waals surface area contributed by atoms with Gasteiger partial charge in [-0.25, -0.2) is 4.98 Å². The fraction of sp³-hybridized carbons (Fsp3) is 0.292. The van der Waals surface area contributed by atoms with Gasteiger partial charge in [-0.3, -0.25) is 14.5 Å². The predicted molar refractivity (Wildman–Crippen MR) is 133 cm³/mol. The minimum Gasteiger partial charge on any atom is -0.324 e. The van der Waals surface area contributed by atoms with E-state index in [4.69, 9.17) is 0 Å². The normalized spacial score (nSPS) is 12.8. The summed E-state index contributed by atoms with van der Waals surface area (Å²) in [5, 5.41) is 6.05. The SMILES string of the molecule is CSc1ccccc1NC(=O)CN(C)CC(=O)N1CCc2cc(-c3csc(C)n3)ccc21. The summed E-state index contributed by atoms with van der Waals surface area (Å²) in [6.45, 7) is 3.00. The molecule has 0 bridgehead atoms. The van der Waals surface area contributed by atoms with Crippen LogP contribution in [0.5, 0.6) is 0 Å². The summed E-state index contributed by atoms with van der Waals surface area (Å²) >= 11 is 3.22. The number of carbonyl (C=O) groups excluding carboxylic acids is 2. The van der Waals surface area contributed by atoms with Crippen LogP contribution in [0.4, 0.5) is 11.4 Å². The van der Waals surface area contributed by atoms with Crippen LogP contribution in [0, 0.1) is 6.92 Å². The van der Waals surface area contributed by atoms with Crippen molar-refractivity contribution >= 4 is 46.3 Å². The molecule has 32 heavy (non-hydrogen) atoms. The molecule has 0 fully saturated rings. The molecule has 4 rings (SSSR count). The maximum Gasteiger partial charge on any atom is 0.241 e. The smallest absolute Gasteiger partial charge is 0.241 e. The van der Waals surface area contributed by atoms with Crippen molar-refractivity contribution in [1.29, 1.82) is 0 Å². The van der Waals surface area contributed by atoms with Crippen LogP contribution >= 0.6 is 23.1 Å². The molecule has 166 valence electrons. The van der Waals surface area contributed by atoms with Crippen LogP contribution in [0.1, 0.15) is 10.6 Å². The van der Waals surface area contributed by atoms with Gasteiger partial charge in [-0.15, -0.1) is 23.1 Å². The van der Waals surface area contributed by atoms with Gasteiger partial charge in [-0.05, 0) is 56.5 Å². The van der Waals surface area contributed by atoms with E-state index in [0.29, 0.717) is 6.54 Å². The van der Waals surface area contributed by atoms with Gasteiger partial charge in [0.1, 0.15) is 0 Å². The van der Waals surface area contributed by atoms with Gasteiger partial charge < -0.3 is 10.2 Å². The number of likely N-dealkylation sites (N-methyl/N-ethyl adjacent to an activating group) is 1. The van der Waals surface area contributed by atoms with Crippen molar-refractivity contribution in [3.63, 3.8) is 0 Å². The first-order valence-corrected chi connectivity index (χ1v) is 12.5. The maximum absolute atomic E-state index is 13.0. The molecule has 2 amide bonds. The molecule has 0 radical (unpaired) electrons. The predicted octanol–water partition coefficient (Wildman–Crippen LogP) is 4.30. The molecule has 0 aliphatic carbocycles. The number of nitrogens with one attached hydrogen (secondary N) is 1.